The van der Waals surface area contributed by atoms with E-state index in [1.165, 1.54) is 12.2 Å². The van der Waals surface area contributed by atoms with Crippen molar-refractivity contribution >= 4 is 24.3 Å². The topological polar surface area (TPSA) is 118 Å². The highest BCUT2D eigenvalue weighted by Gasteiger charge is 2.24. The molecule has 2 aromatic carbocycles. The molecule has 0 aliphatic carbocycles. The van der Waals surface area contributed by atoms with Crippen molar-refractivity contribution in [1.82, 2.24) is 0 Å². The molecule has 2 aromatic rings. The van der Waals surface area contributed by atoms with Crippen LogP contribution < -0.4 is 0 Å². The summed E-state index contributed by atoms with van der Waals surface area (Å²) in [5, 5.41) is 0. The summed E-state index contributed by atoms with van der Waals surface area (Å²) in [6, 6.07) is 14.8. The number of isocyanates is 4. The quantitative estimate of drug-likeness (QED) is 0.459. The Morgan fingerprint density at radius 1 is 0.625 bits per heavy atom. The molecule has 0 fully saturated rings. The van der Waals surface area contributed by atoms with Gasteiger partial charge in [-0.15, -0.1) is 0 Å². The lowest BCUT2D eigenvalue weighted by Gasteiger charge is -2.23. The maximum absolute atomic E-state index is 10.4. The fourth-order valence-electron chi connectivity index (χ4n) is 2.63. The van der Waals surface area contributed by atoms with Gasteiger partial charge in [0.2, 0.25) is 24.3 Å². The lowest BCUT2D eigenvalue weighted by Crippen LogP contribution is -2.18. The number of benzene rings is 2. The summed E-state index contributed by atoms with van der Waals surface area (Å²) in [5.74, 6) is 0. The van der Waals surface area contributed by atoms with Gasteiger partial charge in [-0.25, -0.2) is 29.2 Å². The first-order chi connectivity index (χ1) is 15.2. The van der Waals surface area contributed by atoms with Gasteiger partial charge in [-0.2, -0.15) is 9.98 Å². The molecular formula is C24H24N4O4. The van der Waals surface area contributed by atoms with E-state index >= 15 is 0 Å². The first-order valence-electron chi connectivity index (χ1n) is 9.64. The molecule has 2 rings (SSSR count). The number of hydrogen-bond acceptors (Lipinski definition) is 8. The minimum absolute atomic E-state index is 0.334. The lowest BCUT2D eigenvalue weighted by molar-refractivity contribution is 0.512. The van der Waals surface area contributed by atoms with Crippen molar-refractivity contribution in [3.8, 4) is 0 Å². The van der Waals surface area contributed by atoms with E-state index in [0.29, 0.717) is 13.1 Å². The number of aliphatic imine (C=N–C) groups is 4. The predicted molar refractivity (Wildman–Crippen MR) is 119 cm³/mol. The van der Waals surface area contributed by atoms with Crippen LogP contribution in [0.1, 0.15) is 49.9 Å². The van der Waals surface area contributed by atoms with Crippen molar-refractivity contribution in [1.29, 1.82) is 0 Å². The van der Waals surface area contributed by atoms with Crippen LogP contribution in [0.4, 0.5) is 0 Å². The maximum atomic E-state index is 10.4. The molecule has 0 heterocycles. The molecule has 32 heavy (non-hydrogen) atoms. The zero-order chi connectivity index (χ0) is 24.0. The Morgan fingerprint density at radius 3 is 1.31 bits per heavy atom. The van der Waals surface area contributed by atoms with E-state index in [1.54, 1.807) is 12.2 Å². The fraction of sp³-hybridized carbons (Fsp3) is 0.333. The SMILES string of the molecule is CC(C)(N=C=O)c1cccc(C(C)(C)N=C=O)c1.O=C=NCc1ccc(CN=C=O)cc1. The fourth-order valence-corrected chi connectivity index (χ4v) is 2.63. The molecule has 8 nitrogen and oxygen atoms in total. The Morgan fingerprint density at radius 2 is 1.00 bits per heavy atom. The van der Waals surface area contributed by atoms with Gasteiger partial charge >= 0.3 is 0 Å². The Hall–Kier alpha value is -4.04. The van der Waals surface area contributed by atoms with Crippen LogP contribution in [-0.2, 0) is 43.3 Å². The standard InChI is InChI=1S/C14H16N2O2.C10H8N2O2/c1-13(2,15-9-17)11-6-5-7-12(8-11)14(3,4)16-10-18;13-7-11-5-9-1-2-10(4-3-9)6-12-8-14/h5-8H,1-4H3;1-4H,5-6H2. The average Bonchev–Trinajstić information content (AvgIpc) is 2.77. The van der Waals surface area contributed by atoms with Crippen LogP contribution in [0.5, 0.6) is 0 Å². The Bertz CT molecular complexity index is 1010. The van der Waals surface area contributed by atoms with Crippen LogP contribution in [0.15, 0.2) is 68.5 Å². The third kappa shape index (κ3) is 8.37. The zero-order valence-electron chi connectivity index (χ0n) is 18.5. The van der Waals surface area contributed by atoms with Crippen LogP contribution in [0.25, 0.3) is 0 Å². The second-order valence-corrected chi connectivity index (χ2v) is 7.74. The molecular weight excluding hydrogens is 408 g/mol. The van der Waals surface area contributed by atoms with Gasteiger partial charge in [-0.3, -0.25) is 0 Å². The summed E-state index contributed by atoms with van der Waals surface area (Å²) in [5.41, 5.74) is 2.31. The van der Waals surface area contributed by atoms with Gasteiger partial charge in [0.1, 0.15) is 0 Å². The molecule has 0 aliphatic heterocycles. The molecule has 8 heteroatoms. The summed E-state index contributed by atoms with van der Waals surface area (Å²) >= 11 is 0. The Balaban J connectivity index is 0.000000330. The van der Waals surface area contributed by atoms with Crippen molar-refractivity contribution in [2.24, 2.45) is 20.0 Å². The van der Waals surface area contributed by atoms with Crippen molar-refractivity contribution in [2.75, 3.05) is 0 Å². The molecule has 0 saturated heterocycles. The normalized spacial score (nSPS) is 10.1. The van der Waals surface area contributed by atoms with Gasteiger partial charge in [-0.05, 0) is 49.9 Å². The molecule has 0 N–H and O–H groups in total. The van der Waals surface area contributed by atoms with E-state index in [-0.39, 0.29) is 0 Å². The van der Waals surface area contributed by atoms with E-state index < -0.39 is 11.1 Å². The van der Waals surface area contributed by atoms with Gasteiger partial charge in [0.05, 0.1) is 24.2 Å². The molecule has 0 atom stereocenters. The lowest BCUT2D eigenvalue weighted by atomic mass is 9.88. The number of carbonyl (C=O) groups excluding carboxylic acids is 4. The van der Waals surface area contributed by atoms with Crippen LogP contribution in [-0.4, -0.2) is 24.3 Å². The first kappa shape index (κ1) is 26.0. The summed E-state index contributed by atoms with van der Waals surface area (Å²) in [4.78, 5) is 55.0. The molecule has 164 valence electrons. The third-order valence-corrected chi connectivity index (χ3v) is 4.60. The summed E-state index contributed by atoms with van der Waals surface area (Å²) < 4.78 is 0. The molecule has 0 amide bonds. The van der Waals surface area contributed by atoms with Crippen LogP contribution in [0.2, 0.25) is 0 Å². The predicted octanol–water partition coefficient (Wildman–Crippen LogP) is 4.19. The highest BCUT2D eigenvalue weighted by atomic mass is 16.1. The summed E-state index contributed by atoms with van der Waals surface area (Å²) in [7, 11) is 0. The number of hydrogen-bond donors (Lipinski definition) is 0. The molecule has 0 bridgehead atoms. The molecule has 0 aromatic heterocycles. The highest BCUT2D eigenvalue weighted by molar-refractivity contribution is 5.41. The Labute approximate surface area is 186 Å². The van der Waals surface area contributed by atoms with Crippen LogP contribution >= 0.6 is 0 Å². The monoisotopic (exact) mass is 432 g/mol. The van der Waals surface area contributed by atoms with Crippen LogP contribution in [0, 0.1) is 0 Å². The number of nitrogens with zero attached hydrogens (tertiary/aromatic N) is 4. The molecule has 0 radical (unpaired) electrons. The van der Waals surface area contributed by atoms with E-state index in [4.69, 9.17) is 0 Å². The van der Waals surface area contributed by atoms with E-state index in [0.717, 1.165) is 22.3 Å². The summed E-state index contributed by atoms with van der Waals surface area (Å²) in [6.07, 6.45) is 6.10. The van der Waals surface area contributed by atoms with Gasteiger partial charge in [0.15, 0.2) is 0 Å². The third-order valence-electron chi connectivity index (χ3n) is 4.60. The Kier molecular flexibility index (Phi) is 10.2. The van der Waals surface area contributed by atoms with Crippen molar-refractivity contribution in [3.63, 3.8) is 0 Å². The second-order valence-electron chi connectivity index (χ2n) is 7.74. The first-order valence-corrected chi connectivity index (χ1v) is 9.64. The zero-order valence-corrected chi connectivity index (χ0v) is 18.5. The van der Waals surface area contributed by atoms with Crippen molar-refractivity contribution < 1.29 is 19.2 Å². The maximum Gasteiger partial charge on any atom is 0.235 e. The molecule has 0 spiro atoms. The van der Waals surface area contributed by atoms with Crippen LogP contribution in [0.3, 0.4) is 0 Å². The summed E-state index contributed by atoms with van der Waals surface area (Å²) in [6.45, 7) is 7.97. The smallest absolute Gasteiger partial charge is 0.211 e. The molecule has 0 saturated carbocycles. The van der Waals surface area contributed by atoms with Gasteiger partial charge in [0, 0.05) is 0 Å². The number of rotatable bonds is 8. The second kappa shape index (κ2) is 12.6. The largest absolute Gasteiger partial charge is 0.235 e. The minimum Gasteiger partial charge on any atom is -0.211 e. The van der Waals surface area contributed by atoms with Crippen molar-refractivity contribution in [3.05, 3.63) is 70.8 Å². The van der Waals surface area contributed by atoms with E-state index in [1.807, 2.05) is 76.2 Å². The minimum atomic E-state index is -0.640. The van der Waals surface area contributed by atoms with E-state index in [9.17, 15) is 19.2 Å². The van der Waals surface area contributed by atoms with Crippen molar-refractivity contribution in [2.45, 2.75) is 51.9 Å². The van der Waals surface area contributed by atoms with Gasteiger partial charge < -0.3 is 0 Å². The van der Waals surface area contributed by atoms with Gasteiger partial charge in [-0.1, -0.05) is 48.5 Å². The molecule has 0 unspecified atom stereocenters. The molecule has 0 aliphatic rings. The highest BCUT2D eigenvalue weighted by Crippen LogP contribution is 2.30. The average molecular weight is 432 g/mol. The van der Waals surface area contributed by atoms with Gasteiger partial charge in [0.25, 0.3) is 0 Å². The van der Waals surface area contributed by atoms with E-state index in [2.05, 4.69) is 20.0 Å².